The number of hydrogen-bond donors (Lipinski definition) is 0. The molecule has 2 aromatic rings. The van der Waals surface area contributed by atoms with Gasteiger partial charge in [-0.1, -0.05) is 24.6 Å². The fourth-order valence-corrected chi connectivity index (χ4v) is 4.81. The van der Waals surface area contributed by atoms with Gasteiger partial charge in [-0.05, 0) is 56.1 Å². The van der Waals surface area contributed by atoms with Crippen LogP contribution in [0.25, 0.3) is 5.57 Å². The molecule has 1 aliphatic heterocycles. The van der Waals surface area contributed by atoms with Crippen LogP contribution in [-0.4, -0.2) is 23.5 Å². The van der Waals surface area contributed by atoms with Crippen LogP contribution in [0.4, 0.5) is 0 Å². The Hall–Kier alpha value is -0.900. The third kappa shape index (κ3) is 3.47. The van der Waals surface area contributed by atoms with E-state index in [1.807, 2.05) is 22.7 Å². The second-order valence-electron chi connectivity index (χ2n) is 5.86. The van der Waals surface area contributed by atoms with Gasteiger partial charge >= 0.3 is 0 Å². The smallest absolute Gasteiger partial charge is 0.0354 e. The second kappa shape index (κ2) is 6.91. The van der Waals surface area contributed by atoms with Gasteiger partial charge in [0.15, 0.2) is 0 Å². The van der Waals surface area contributed by atoms with Crippen molar-refractivity contribution in [3.05, 3.63) is 50.9 Å². The third-order valence-electron chi connectivity index (χ3n) is 4.36. The Morgan fingerprint density at radius 1 is 1.19 bits per heavy atom. The van der Waals surface area contributed by atoms with Crippen LogP contribution in [0.3, 0.4) is 0 Å². The first-order chi connectivity index (χ1) is 10.3. The number of likely N-dealkylation sites (tertiary alicyclic amines) is 1. The normalized spacial score (nSPS) is 21.1. The van der Waals surface area contributed by atoms with Gasteiger partial charge in [0.25, 0.3) is 0 Å². The fraction of sp³-hybridized carbons (Fsp3) is 0.444. The van der Waals surface area contributed by atoms with E-state index in [9.17, 15) is 0 Å². The van der Waals surface area contributed by atoms with Crippen molar-refractivity contribution in [1.29, 1.82) is 0 Å². The van der Waals surface area contributed by atoms with E-state index < -0.39 is 0 Å². The molecule has 2 unspecified atom stereocenters. The molecule has 112 valence electrons. The van der Waals surface area contributed by atoms with Crippen LogP contribution in [-0.2, 0) is 0 Å². The summed E-state index contributed by atoms with van der Waals surface area (Å²) < 4.78 is 0. The SMILES string of the molecule is CC(C=C(c1cccs1)c1cccs1)N1CCCCC1C. The summed E-state index contributed by atoms with van der Waals surface area (Å²) in [4.78, 5) is 5.42. The molecule has 2 aromatic heterocycles. The molecule has 3 heteroatoms. The number of nitrogens with zero attached hydrogens (tertiary/aromatic N) is 1. The molecule has 3 rings (SSSR count). The van der Waals surface area contributed by atoms with Crippen molar-refractivity contribution in [2.24, 2.45) is 0 Å². The van der Waals surface area contributed by atoms with Crippen LogP contribution >= 0.6 is 22.7 Å². The van der Waals surface area contributed by atoms with Crippen molar-refractivity contribution in [3.8, 4) is 0 Å². The highest BCUT2D eigenvalue weighted by atomic mass is 32.1. The maximum atomic E-state index is 2.66. The number of piperidine rings is 1. The Labute approximate surface area is 135 Å². The average Bonchev–Trinajstić information content (AvgIpc) is 3.18. The van der Waals surface area contributed by atoms with Gasteiger partial charge in [0, 0.05) is 27.4 Å². The Bertz CT molecular complexity index is 532. The summed E-state index contributed by atoms with van der Waals surface area (Å²) in [5, 5.41) is 4.34. The Morgan fingerprint density at radius 3 is 2.38 bits per heavy atom. The minimum atomic E-state index is 0.500. The lowest BCUT2D eigenvalue weighted by atomic mass is 10.00. The first-order valence-corrected chi connectivity index (χ1v) is 9.57. The summed E-state index contributed by atoms with van der Waals surface area (Å²) in [7, 11) is 0. The summed E-state index contributed by atoms with van der Waals surface area (Å²) in [6, 6.07) is 9.98. The van der Waals surface area contributed by atoms with Crippen molar-refractivity contribution >= 4 is 28.2 Å². The van der Waals surface area contributed by atoms with Crippen LogP contribution in [0.1, 0.15) is 42.9 Å². The zero-order valence-electron chi connectivity index (χ0n) is 12.8. The van der Waals surface area contributed by atoms with Gasteiger partial charge in [0.1, 0.15) is 0 Å². The Kier molecular flexibility index (Phi) is 4.94. The maximum absolute atomic E-state index is 2.66. The first-order valence-electron chi connectivity index (χ1n) is 7.81. The molecular weight excluding hydrogens is 294 g/mol. The molecule has 0 bridgehead atoms. The van der Waals surface area contributed by atoms with Crippen molar-refractivity contribution < 1.29 is 0 Å². The van der Waals surface area contributed by atoms with Crippen LogP contribution in [0.5, 0.6) is 0 Å². The van der Waals surface area contributed by atoms with E-state index in [2.05, 4.69) is 59.8 Å². The zero-order chi connectivity index (χ0) is 14.7. The molecule has 1 nitrogen and oxygen atoms in total. The van der Waals surface area contributed by atoms with Gasteiger partial charge < -0.3 is 0 Å². The van der Waals surface area contributed by atoms with Gasteiger partial charge in [-0.25, -0.2) is 0 Å². The lowest BCUT2D eigenvalue weighted by molar-refractivity contribution is 0.137. The average molecular weight is 318 g/mol. The summed E-state index contributed by atoms with van der Waals surface area (Å²) in [6.07, 6.45) is 6.54. The number of rotatable bonds is 4. The summed E-state index contributed by atoms with van der Waals surface area (Å²) >= 11 is 3.68. The van der Waals surface area contributed by atoms with Gasteiger partial charge in [0.05, 0.1) is 0 Å². The predicted octanol–water partition coefficient (Wildman–Crippen LogP) is 5.50. The minimum Gasteiger partial charge on any atom is -0.295 e. The molecule has 0 radical (unpaired) electrons. The van der Waals surface area contributed by atoms with Crippen LogP contribution in [0.15, 0.2) is 41.1 Å². The topological polar surface area (TPSA) is 3.24 Å². The largest absolute Gasteiger partial charge is 0.295 e. The van der Waals surface area contributed by atoms with E-state index in [0.717, 1.165) is 0 Å². The number of thiophene rings is 2. The Morgan fingerprint density at radius 2 is 1.86 bits per heavy atom. The minimum absolute atomic E-state index is 0.500. The van der Waals surface area contributed by atoms with Crippen molar-refractivity contribution in [2.75, 3.05) is 6.54 Å². The molecule has 1 aliphatic rings. The van der Waals surface area contributed by atoms with E-state index >= 15 is 0 Å². The molecule has 0 saturated carbocycles. The molecule has 3 heterocycles. The van der Waals surface area contributed by atoms with E-state index in [0.29, 0.717) is 12.1 Å². The van der Waals surface area contributed by atoms with Crippen molar-refractivity contribution in [1.82, 2.24) is 4.90 Å². The number of hydrogen-bond acceptors (Lipinski definition) is 3. The van der Waals surface area contributed by atoms with Crippen molar-refractivity contribution in [3.63, 3.8) is 0 Å². The van der Waals surface area contributed by atoms with Crippen molar-refractivity contribution in [2.45, 2.75) is 45.2 Å². The second-order valence-corrected chi connectivity index (χ2v) is 7.75. The highest BCUT2D eigenvalue weighted by Crippen LogP contribution is 2.32. The van der Waals surface area contributed by atoms with Gasteiger partial charge in [-0.15, -0.1) is 22.7 Å². The van der Waals surface area contributed by atoms with E-state index in [1.165, 1.54) is 41.1 Å². The van der Waals surface area contributed by atoms with Crippen LogP contribution in [0.2, 0.25) is 0 Å². The van der Waals surface area contributed by atoms with Gasteiger partial charge in [0.2, 0.25) is 0 Å². The summed E-state index contributed by atoms with van der Waals surface area (Å²) in [6.45, 7) is 5.96. The lowest BCUT2D eigenvalue weighted by Gasteiger charge is -2.37. The highest BCUT2D eigenvalue weighted by Gasteiger charge is 2.22. The predicted molar refractivity (Wildman–Crippen MR) is 95.2 cm³/mol. The standard InChI is InChI=1S/C18H23NS2/c1-14-7-3-4-10-19(14)15(2)13-16(17-8-5-11-20-17)18-9-6-12-21-18/h5-6,8-9,11-15H,3-4,7,10H2,1-2H3. The molecule has 0 N–H and O–H groups in total. The lowest BCUT2D eigenvalue weighted by Crippen LogP contribution is -2.42. The fourth-order valence-electron chi connectivity index (χ4n) is 3.21. The molecule has 0 spiro atoms. The molecular formula is C18H23NS2. The molecule has 0 aromatic carbocycles. The molecule has 0 amide bonds. The van der Waals surface area contributed by atoms with E-state index in [-0.39, 0.29) is 0 Å². The maximum Gasteiger partial charge on any atom is 0.0354 e. The quantitative estimate of drug-likeness (QED) is 0.719. The van der Waals surface area contributed by atoms with Gasteiger partial charge in [-0.2, -0.15) is 0 Å². The van der Waals surface area contributed by atoms with Crippen LogP contribution < -0.4 is 0 Å². The molecule has 2 atom stereocenters. The molecule has 21 heavy (non-hydrogen) atoms. The zero-order valence-corrected chi connectivity index (χ0v) is 14.4. The third-order valence-corrected chi connectivity index (χ3v) is 6.16. The summed E-state index contributed by atoms with van der Waals surface area (Å²) in [5.74, 6) is 0. The monoisotopic (exact) mass is 317 g/mol. The first kappa shape index (κ1) is 15.0. The van der Waals surface area contributed by atoms with Gasteiger partial charge in [-0.3, -0.25) is 4.90 Å². The van der Waals surface area contributed by atoms with Crippen LogP contribution in [0, 0.1) is 0 Å². The molecule has 1 fully saturated rings. The molecule has 1 saturated heterocycles. The molecule has 0 aliphatic carbocycles. The summed E-state index contributed by atoms with van der Waals surface area (Å²) in [5.41, 5.74) is 1.41. The van der Waals surface area contributed by atoms with E-state index in [4.69, 9.17) is 0 Å². The highest BCUT2D eigenvalue weighted by molar-refractivity contribution is 7.13. The van der Waals surface area contributed by atoms with E-state index in [1.54, 1.807) is 0 Å². The Balaban J connectivity index is 1.89.